The average molecular weight is 247 g/mol. The van der Waals surface area contributed by atoms with Gasteiger partial charge >= 0.3 is 6.01 Å². The van der Waals surface area contributed by atoms with Crippen LogP contribution in [-0.4, -0.2) is 40.1 Å². The van der Waals surface area contributed by atoms with Gasteiger partial charge in [0.15, 0.2) is 0 Å². The van der Waals surface area contributed by atoms with Gasteiger partial charge in [-0.15, -0.1) is 0 Å². The fourth-order valence-electron chi connectivity index (χ4n) is 3.12. The Hall–Kier alpha value is -1.16. The summed E-state index contributed by atoms with van der Waals surface area (Å²) in [5.41, 5.74) is 0. The molecule has 2 fully saturated rings. The van der Waals surface area contributed by atoms with E-state index in [2.05, 4.69) is 14.9 Å². The second-order valence-electron chi connectivity index (χ2n) is 5.32. The largest absolute Gasteiger partial charge is 0.460 e. The third-order valence-electron chi connectivity index (χ3n) is 4.13. The van der Waals surface area contributed by atoms with Crippen LogP contribution in [0.5, 0.6) is 6.01 Å². The van der Waals surface area contributed by atoms with Crippen LogP contribution in [0, 0.1) is 0 Å². The van der Waals surface area contributed by atoms with E-state index >= 15 is 0 Å². The van der Waals surface area contributed by atoms with E-state index in [4.69, 9.17) is 4.74 Å². The molecule has 0 bridgehead atoms. The van der Waals surface area contributed by atoms with E-state index in [1.165, 1.54) is 38.8 Å². The Morgan fingerprint density at radius 2 is 1.67 bits per heavy atom. The lowest BCUT2D eigenvalue weighted by molar-refractivity contribution is 0.0709. The molecule has 18 heavy (non-hydrogen) atoms. The fourth-order valence-corrected chi connectivity index (χ4v) is 3.12. The van der Waals surface area contributed by atoms with Gasteiger partial charge in [-0.25, -0.2) is 9.97 Å². The van der Waals surface area contributed by atoms with Gasteiger partial charge < -0.3 is 9.64 Å². The van der Waals surface area contributed by atoms with Crippen molar-refractivity contribution in [2.45, 2.75) is 50.7 Å². The summed E-state index contributed by atoms with van der Waals surface area (Å²) in [6.07, 6.45) is 11.6. The molecular formula is C14H21N3O. The highest BCUT2D eigenvalue weighted by Gasteiger charge is 2.27. The maximum absolute atomic E-state index is 5.82. The van der Waals surface area contributed by atoms with E-state index < -0.39 is 0 Å². The van der Waals surface area contributed by atoms with Crippen LogP contribution < -0.4 is 4.74 Å². The summed E-state index contributed by atoms with van der Waals surface area (Å²) < 4.78 is 5.82. The SMILES string of the molecule is c1cnc(OC2CCN(C3CCCC3)CC2)nc1. The minimum absolute atomic E-state index is 0.296. The van der Waals surface area contributed by atoms with Gasteiger partial charge in [0.2, 0.25) is 0 Å². The third kappa shape index (κ3) is 2.80. The maximum Gasteiger partial charge on any atom is 0.316 e. The van der Waals surface area contributed by atoms with Gasteiger partial charge in [0, 0.05) is 31.5 Å². The Balaban J connectivity index is 1.48. The Morgan fingerprint density at radius 3 is 2.33 bits per heavy atom. The first kappa shape index (κ1) is 11.9. The summed E-state index contributed by atoms with van der Waals surface area (Å²) in [4.78, 5) is 10.9. The first-order valence-corrected chi connectivity index (χ1v) is 7.09. The predicted molar refractivity (Wildman–Crippen MR) is 69.5 cm³/mol. The number of aromatic nitrogens is 2. The highest BCUT2D eigenvalue weighted by molar-refractivity contribution is 4.95. The molecule has 1 aromatic rings. The molecule has 1 saturated heterocycles. The summed E-state index contributed by atoms with van der Waals surface area (Å²) in [6, 6.07) is 3.19. The van der Waals surface area contributed by atoms with Gasteiger partial charge in [-0.1, -0.05) is 12.8 Å². The minimum atomic E-state index is 0.296. The first-order valence-electron chi connectivity index (χ1n) is 7.09. The van der Waals surface area contributed by atoms with E-state index in [9.17, 15) is 0 Å². The lowest BCUT2D eigenvalue weighted by Crippen LogP contribution is -2.43. The molecular weight excluding hydrogens is 226 g/mol. The molecule has 2 heterocycles. The van der Waals surface area contributed by atoms with Crippen LogP contribution >= 0.6 is 0 Å². The molecule has 1 aliphatic heterocycles. The molecule has 4 nitrogen and oxygen atoms in total. The lowest BCUT2D eigenvalue weighted by atomic mass is 10.0. The molecule has 0 unspecified atom stereocenters. The van der Waals surface area contributed by atoms with Gasteiger partial charge in [-0.2, -0.15) is 0 Å². The normalized spacial score (nSPS) is 23.3. The van der Waals surface area contributed by atoms with Crippen LogP contribution in [0.15, 0.2) is 18.5 Å². The molecule has 0 aromatic carbocycles. The van der Waals surface area contributed by atoms with Crippen molar-refractivity contribution in [2.24, 2.45) is 0 Å². The number of hydrogen-bond donors (Lipinski definition) is 0. The molecule has 1 aliphatic carbocycles. The van der Waals surface area contributed by atoms with Gasteiger partial charge in [-0.3, -0.25) is 0 Å². The van der Waals surface area contributed by atoms with Crippen LogP contribution in [0.3, 0.4) is 0 Å². The second kappa shape index (κ2) is 5.65. The molecule has 0 radical (unpaired) electrons. The minimum Gasteiger partial charge on any atom is -0.460 e. The Kier molecular flexibility index (Phi) is 3.74. The fraction of sp³-hybridized carbons (Fsp3) is 0.714. The van der Waals surface area contributed by atoms with Crippen LogP contribution in [0.1, 0.15) is 38.5 Å². The van der Waals surface area contributed by atoms with Crippen molar-refractivity contribution in [1.82, 2.24) is 14.9 Å². The Morgan fingerprint density at radius 1 is 1.00 bits per heavy atom. The number of piperidine rings is 1. The summed E-state index contributed by atoms with van der Waals surface area (Å²) >= 11 is 0. The van der Waals surface area contributed by atoms with Crippen molar-refractivity contribution in [2.75, 3.05) is 13.1 Å². The predicted octanol–water partition coefficient (Wildman–Crippen LogP) is 2.26. The second-order valence-corrected chi connectivity index (χ2v) is 5.32. The number of hydrogen-bond acceptors (Lipinski definition) is 4. The monoisotopic (exact) mass is 247 g/mol. The summed E-state index contributed by atoms with van der Waals surface area (Å²) in [5.74, 6) is 0. The van der Waals surface area contributed by atoms with Crippen molar-refractivity contribution in [1.29, 1.82) is 0 Å². The highest BCUT2D eigenvalue weighted by Crippen LogP contribution is 2.26. The average Bonchev–Trinajstić information content (AvgIpc) is 2.95. The first-order chi connectivity index (χ1) is 8.92. The van der Waals surface area contributed by atoms with Crippen molar-refractivity contribution in [3.8, 4) is 6.01 Å². The molecule has 1 aromatic heterocycles. The van der Waals surface area contributed by atoms with E-state index in [0.717, 1.165) is 18.9 Å². The molecule has 2 aliphatic rings. The number of nitrogens with zero attached hydrogens (tertiary/aromatic N) is 3. The molecule has 0 amide bonds. The highest BCUT2D eigenvalue weighted by atomic mass is 16.5. The van der Waals surface area contributed by atoms with Crippen molar-refractivity contribution >= 4 is 0 Å². The summed E-state index contributed by atoms with van der Waals surface area (Å²) in [6.45, 7) is 2.34. The number of ether oxygens (including phenoxy) is 1. The van der Waals surface area contributed by atoms with Gasteiger partial charge in [0.25, 0.3) is 0 Å². The standard InChI is InChI=1S/C14H21N3O/c1-2-5-12(4-1)17-10-6-13(7-11-17)18-14-15-8-3-9-16-14/h3,8-9,12-13H,1-2,4-7,10-11H2. The zero-order valence-electron chi connectivity index (χ0n) is 10.8. The van der Waals surface area contributed by atoms with Crippen molar-refractivity contribution < 1.29 is 4.74 Å². The number of rotatable bonds is 3. The molecule has 0 spiro atoms. The van der Waals surface area contributed by atoms with E-state index in [1.807, 2.05) is 6.07 Å². The molecule has 98 valence electrons. The van der Waals surface area contributed by atoms with Gasteiger partial charge in [-0.05, 0) is 31.7 Å². The molecule has 4 heteroatoms. The third-order valence-corrected chi connectivity index (χ3v) is 4.13. The quantitative estimate of drug-likeness (QED) is 0.821. The topological polar surface area (TPSA) is 38.2 Å². The molecule has 0 atom stereocenters. The van der Waals surface area contributed by atoms with Crippen LogP contribution in [-0.2, 0) is 0 Å². The van der Waals surface area contributed by atoms with Gasteiger partial charge in [0.1, 0.15) is 6.10 Å². The Labute approximate surface area is 108 Å². The van der Waals surface area contributed by atoms with E-state index in [1.54, 1.807) is 12.4 Å². The van der Waals surface area contributed by atoms with Gasteiger partial charge in [0.05, 0.1) is 0 Å². The van der Waals surface area contributed by atoms with Crippen LogP contribution in [0.25, 0.3) is 0 Å². The maximum atomic E-state index is 5.82. The zero-order chi connectivity index (χ0) is 12.2. The van der Waals surface area contributed by atoms with E-state index in [-0.39, 0.29) is 0 Å². The van der Waals surface area contributed by atoms with E-state index in [0.29, 0.717) is 12.1 Å². The smallest absolute Gasteiger partial charge is 0.316 e. The van der Waals surface area contributed by atoms with Crippen molar-refractivity contribution in [3.63, 3.8) is 0 Å². The molecule has 3 rings (SSSR count). The summed E-state index contributed by atoms with van der Waals surface area (Å²) in [7, 11) is 0. The Bertz CT molecular complexity index is 357. The zero-order valence-corrected chi connectivity index (χ0v) is 10.8. The van der Waals surface area contributed by atoms with Crippen LogP contribution in [0.4, 0.5) is 0 Å². The molecule has 1 saturated carbocycles. The molecule has 0 N–H and O–H groups in total. The summed E-state index contributed by atoms with van der Waals surface area (Å²) in [5, 5.41) is 0. The number of likely N-dealkylation sites (tertiary alicyclic amines) is 1. The lowest BCUT2D eigenvalue weighted by Gasteiger charge is -2.35. The van der Waals surface area contributed by atoms with Crippen LogP contribution in [0.2, 0.25) is 0 Å². The van der Waals surface area contributed by atoms with Crippen molar-refractivity contribution in [3.05, 3.63) is 18.5 Å².